The Morgan fingerprint density at radius 1 is 0.947 bits per heavy atom. The number of halogens is 4. The normalized spacial score (nSPS) is 21.9. The molecule has 5 aliphatic rings. The number of ether oxygens (including phenoxy) is 2. The number of hydrogen-bond acceptors (Lipinski definition) is 8. The number of allylic oxidation sites excluding steroid dienone is 1. The summed E-state index contributed by atoms with van der Waals surface area (Å²) < 4.78 is 29.0. The van der Waals surface area contributed by atoms with E-state index in [1.165, 1.54) is 0 Å². The van der Waals surface area contributed by atoms with Crippen molar-refractivity contribution in [3.05, 3.63) is 143 Å². The molecule has 6 aromatic rings. The van der Waals surface area contributed by atoms with E-state index in [0.29, 0.717) is 55.6 Å². The number of nitrogens with zero attached hydrogens (tertiary/aromatic N) is 2. The number of rotatable bonds is 3. The summed E-state index contributed by atoms with van der Waals surface area (Å²) in [6.45, 7) is 3.92. The van der Waals surface area contributed by atoms with Crippen LogP contribution < -0.4 is 20.1 Å². The average Bonchev–Trinajstić information content (AvgIpc) is 3.99. The van der Waals surface area contributed by atoms with Crippen molar-refractivity contribution in [2.45, 2.75) is 50.5 Å². The third-order valence-corrected chi connectivity index (χ3v) is 13.2. The number of carbonyl (C=O) groups is 2. The van der Waals surface area contributed by atoms with Crippen LogP contribution in [0.4, 0.5) is 0 Å². The summed E-state index contributed by atoms with van der Waals surface area (Å²) >= 11 is 21.3. The van der Waals surface area contributed by atoms with E-state index in [4.69, 9.17) is 51.5 Å². The molecule has 0 saturated carbocycles. The molecule has 0 fully saturated rings. The van der Waals surface area contributed by atoms with E-state index < -0.39 is 35.6 Å². The van der Waals surface area contributed by atoms with Crippen LogP contribution in [0.5, 0.6) is 11.5 Å². The molecule has 4 atom stereocenters. The van der Waals surface area contributed by atoms with Crippen LogP contribution >= 0.6 is 55.1 Å². The molecule has 2 N–H and O–H groups in total. The zero-order chi connectivity index (χ0) is 39.1. The van der Waals surface area contributed by atoms with Crippen molar-refractivity contribution in [2.75, 3.05) is 0 Å². The van der Waals surface area contributed by atoms with Crippen LogP contribution in [0.25, 0.3) is 28.3 Å². The first-order chi connectivity index (χ1) is 27.5. The monoisotopic (exact) mass is 924 g/mol. The minimum atomic E-state index is -1.25. The van der Waals surface area contributed by atoms with Gasteiger partial charge in [0, 0.05) is 50.2 Å². The van der Waals surface area contributed by atoms with E-state index >= 15 is 0 Å². The molecule has 2 aromatic heterocycles. The number of fused-ring (bicyclic) bond motifs is 7. The number of carbonyl (C=O) groups excluding carboxylic acids is 2. The Hall–Kier alpha value is -4.88. The summed E-state index contributed by atoms with van der Waals surface area (Å²) in [7, 11) is 0. The van der Waals surface area contributed by atoms with Crippen LogP contribution in [-0.4, -0.2) is 34.1 Å². The van der Waals surface area contributed by atoms with Crippen LogP contribution in [0, 0.1) is 5.92 Å². The lowest BCUT2D eigenvalue weighted by atomic mass is 9.72. The van der Waals surface area contributed by atoms with Gasteiger partial charge in [0.1, 0.15) is 23.6 Å². The lowest BCUT2D eigenvalue weighted by Crippen LogP contribution is -2.49. The molecule has 284 valence electrons. The van der Waals surface area contributed by atoms with Gasteiger partial charge in [0.25, 0.3) is 18.1 Å². The average molecular weight is 927 g/mol. The Morgan fingerprint density at radius 3 is 2.53 bits per heavy atom. The number of benzene rings is 4. The SMILES string of the molecule is CC(C)[C@@H]1NC(=O)[C@@H](NC(=O)c2ccc(Br)cc2)Cc2cc(Br)c3c(c2)C24c5cccc(c5OC2O3)-c2cccc3c2C(=C(Cl)C3)c2oc(nc2Cl)-c2nc1oc24. The van der Waals surface area contributed by atoms with Crippen molar-refractivity contribution in [1.29, 1.82) is 0 Å². The van der Waals surface area contributed by atoms with Crippen molar-refractivity contribution in [3.8, 4) is 34.2 Å². The smallest absolute Gasteiger partial charge is 0.262 e. The molecular weight excluding hydrogens is 899 g/mol. The molecule has 2 amide bonds. The van der Waals surface area contributed by atoms with E-state index in [0.717, 1.165) is 37.9 Å². The van der Waals surface area contributed by atoms with Gasteiger partial charge in [-0.05, 0) is 74.4 Å². The summed E-state index contributed by atoms with van der Waals surface area (Å²) in [4.78, 5) is 38.0. The molecular formula is C43H28Br2Cl2N4O6. The van der Waals surface area contributed by atoms with Gasteiger partial charge in [0.2, 0.25) is 11.8 Å². The lowest BCUT2D eigenvalue weighted by Gasteiger charge is -2.28. The second-order valence-electron chi connectivity index (χ2n) is 15.1. The molecule has 4 aromatic carbocycles. The standard InChI is InChI=1S/C43H28Br2Cl2N4O6/c1-17(2)31-40-50-32-36(57-40)43-24-8-4-7-23(22-6-3-5-20-16-27(46)30(29(20)22)35-37(47)51-41(32)54-35)33(24)55-42(43)56-34-25(43)13-18(14-26(34)45)15-28(39(53)49-31)48-38(52)19-9-11-21(44)12-10-19/h3-14,17,28,31,42H,15-16H2,1-2H3,(H,48,52)(H,49,53)/t28-,31-,42?,43?/m0/s1. The quantitative estimate of drug-likeness (QED) is 0.180. The molecule has 6 heterocycles. The van der Waals surface area contributed by atoms with Crippen LogP contribution in [-0.2, 0) is 23.1 Å². The van der Waals surface area contributed by atoms with Crippen molar-refractivity contribution < 1.29 is 27.9 Å². The molecule has 2 unspecified atom stereocenters. The first-order valence-electron chi connectivity index (χ1n) is 18.4. The van der Waals surface area contributed by atoms with Crippen LogP contribution in [0.1, 0.15) is 75.5 Å². The van der Waals surface area contributed by atoms with E-state index in [2.05, 4.69) is 42.5 Å². The predicted octanol–water partition coefficient (Wildman–Crippen LogP) is 9.66. The molecule has 14 heteroatoms. The molecule has 10 bridgehead atoms. The van der Waals surface area contributed by atoms with Gasteiger partial charge < -0.3 is 28.9 Å². The number of aromatic nitrogens is 2. The number of oxazole rings is 2. The molecule has 1 spiro atoms. The fraction of sp³-hybridized carbons (Fsp3) is 0.209. The van der Waals surface area contributed by atoms with Gasteiger partial charge in [-0.15, -0.1) is 0 Å². The first kappa shape index (κ1) is 35.3. The summed E-state index contributed by atoms with van der Waals surface area (Å²) in [5.41, 5.74) is 5.92. The summed E-state index contributed by atoms with van der Waals surface area (Å²) in [6.07, 6.45) is -0.316. The Balaban J connectivity index is 1.21. The van der Waals surface area contributed by atoms with Gasteiger partial charge in [0.15, 0.2) is 27.8 Å². The highest BCUT2D eigenvalue weighted by atomic mass is 79.9. The van der Waals surface area contributed by atoms with Gasteiger partial charge in [-0.2, -0.15) is 4.98 Å². The van der Waals surface area contributed by atoms with Crippen molar-refractivity contribution >= 4 is 72.4 Å². The Kier molecular flexibility index (Phi) is 7.78. The van der Waals surface area contributed by atoms with E-state index in [9.17, 15) is 9.59 Å². The highest BCUT2D eigenvalue weighted by Gasteiger charge is 2.64. The Labute approximate surface area is 352 Å². The van der Waals surface area contributed by atoms with Crippen LogP contribution in [0.15, 0.2) is 95.6 Å². The third-order valence-electron chi connectivity index (χ3n) is 11.5. The summed E-state index contributed by atoms with van der Waals surface area (Å²) in [5.74, 6) is 1.11. The van der Waals surface area contributed by atoms with E-state index in [1.54, 1.807) is 24.3 Å². The second-order valence-corrected chi connectivity index (χ2v) is 17.7. The molecule has 0 radical (unpaired) electrons. The Morgan fingerprint density at radius 2 is 1.72 bits per heavy atom. The summed E-state index contributed by atoms with van der Waals surface area (Å²) in [5, 5.41) is 6.85. The maximum atomic E-state index is 14.4. The van der Waals surface area contributed by atoms with Gasteiger partial charge in [-0.25, -0.2) is 4.98 Å². The largest absolute Gasteiger partial charge is 0.452 e. The fourth-order valence-electron chi connectivity index (χ4n) is 8.92. The molecule has 4 aliphatic heterocycles. The van der Waals surface area contributed by atoms with Gasteiger partial charge >= 0.3 is 0 Å². The predicted molar refractivity (Wildman–Crippen MR) is 218 cm³/mol. The van der Waals surface area contributed by atoms with Gasteiger partial charge in [-0.1, -0.05) is 95.4 Å². The second kappa shape index (κ2) is 12.6. The van der Waals surface area contributed by atoms with E-state index in [1.807, 2.05) is 62.4 Å². The van der Waals surface area contributed by atoms with Crippen LogP contribution in [0.3, 0.4) is 0 Å². The maximum Gasteiger partial charge on any atom is 0.262 e. The fourth-order valence-corrected chi connectivity index (χ4v) is 10.3. The zero-order valence-electron chi connectivity index (χ0n) is 30.0. The number of amides is 2. The van der Waals surface area contributed by atoms with E-state index in [-0.39, 0.29) is 35.0 Å². The van der Waals surface area contributed by atoms with Crippen molar-refractivity contribution in [1.82, 2.24) is 20.6 Å². The van der Waals surface area contributed by atoms with Crippen molar-refractivity contribution in [2.24, 2.45) is 5.92 Å². The van der Waals surface area contributed by atoms with Gasteiger partial charge in [-0.3, -0.25) is 9.59 Å². The molecule has 0 saturated heterocycles. The topological polar surface area (TPSA) is 129 Å². The Bertz CT molecular complexity index is 2810. The zero-order valence-corrected chi connectivity index (χ0v) is 34.7. The number of nitrogens with one attached hydrogen (secondary N) is 2. The third kappa shape index (κ3) is 5.00. The van der Waals surface area contributed by atoms with Crippen molar-refractivity contribution in [3.63, 3.8) is 0 Å². The highest BCUT2D eigenvalue weighted by molar-refractivity contribution is 9.10. The lowest BCUT2D eigenvalue weighted by molar-refractivity contribution is -0.124. The highest BCUT2D eigenvalue weighted by Crippen LogP contribution is 2.64. The minimum absolute atomic E-state index is 0.105. The minimum Gasteiger partial charge on any atom is -0.452 e. The molecule has 10 nitrogen and oxygen atoms in total. The molecule has 57 heavy (non-hydrogen) atoms. The first-order valence-corrected chi connectivity index (χ1v) is 20.7. The maximum absolute atomic E-state index is 14.4. The number of para-hydroxylation sites is 1. The van der Waals surface area contributed by atoms with Crippen LogP contribution in [0.2, 0.25) is 5.15 Å². The molecule has 1 aliphatic carbocycles. The van der Waals surface area contributed by atoms with Gasteiger partial charge in [0.05, 0.1) is 4.47 Å². The number of hydrogen-bond donors (Lipinski definition) is 2. The molecule has 11 rings (SSSR count). The summed E-state index contributed by atoms with van der Waals surface area (Å²) in [6, 6.07) is 21.3.